The van der Waals surface area contributed by atoms with Gasteiger partial charge in [0.1, 0.15) is 6.61 Å². The van der Waals surface area contributed by atoms with E-state index in [1.807, 2.05) is 6.92 Å². The molecule has 0 heterocycles. The maximum absolute atomic E-state index is 11.2. The molecule has 13 heavy (non-hydrogen) atoms. The van der Waals surface area contributed by atoms with Crippen molar-refractivity contribution in [3.63, 3.8) is 0 Å². The second-order valence-electron chi connectivity index (χ2n) is 3.58. The van der Waals surface area contributed by atoms with Crippen LogP contribution in [0, 0.1) is 0 Å². The van der Waals surface area contributed by atoms with Crippen molar-refractivity contribution in [2.75, 3.05) is 13.2 Å². The molecule has 0 aromatic rings. The van der Waals surface area contributed by atoms with Gasteiger partial charge in [-0.25, -0.2) is 0 Å². The first-order chi connectivity index (χ1) is 5.90. The van der Waals surface area contributed by atoms with E-state index in [1.54, 1.807) is 20.8 Å². The highest BCUT2D eigenvalue weighted by molar-refractivity contribution is 5.78. The van der Waals surface area contributed by atoms with Gasteiger partial charge in [0, 0.05) is 6.61 Å². The summed E-state index contributed by atoms with van der Waals surface area (Å²) in [5.41, 5.74) is -0.603. The van der Waals surface area contributed by atoms with Gasteiger partial charge in [-0.15, -0.1) is 0 Å². The maximum Gasteiger partial charge on any atom is 0.246 e. The fraction of sp³-hybridized carbons (Fsp3) is 0.889. The zero-order valence-electron chi connectivity index (χ0n) is 8.76. The van der Waals surface area contributed by atoms with Crippen molar-refractivity contribution in [1.82, 2.24) is 5.32 Å². The number of aliphatic hydroxyl groups is 1. The molecule has 0 rings (SSSR count). The lowest BCUT2D eigenvalue weighted by molar-refractivity contribution is -0.128. The second-order valence-corrected chi connectivity index (χ2v) is 3.58. The van der Waals surface area contributed by atoms with E-state index in [0.717, 1.165) is 0 Å². The molecule has 0 aromatic heterocycles. The van der Waals surface area contributed by atoms with Gasteiger partial charge in [0.05, 0.1) is 11.6 Å². The Bertz CT molecular complexity index is 166. The molecule has 2 N–H and O–H groups in total. The molecule has 78 valence electrons. The van der Waals surface area contributed by atoms with Crippen LogP contribution in [0.5, 0.6) is 0 Å². The molecule has 1 unspecified atom stereocenters. The van der Waals surface area contributed by atoms with Crippen LogP contribution in [0.1, 0.15) is 27.7 Å². The van der Waals surface area contributed by atoms with E-state index in [-0.39, 0.29) is 12.5 Å². The number of nitrogens with one attached hydrogen (secondary N) is 1. The topological polar surface area (TPSA) is 58.6 Å². The van der Waals surface area contributed by atoms with Gasteiger partial charge in [0.25, 0.3) is 0 Å². The van der Waals surface area contributed by atoms with Crippen LogP contribution in [0.15, 0.2) is 0 Å². The predicted octanol–water partition coefficient (Wildman–Crippen LogP) is 0.299. The van der Waals surface area contributed by atoms with Crippen LogP contribution in [0.2, 0.25) is 0 Å². The van der Waals surface area contributed by atoms with Crippen LogP contribution in [-0.2, 0) is 9.53 Å². The molecule has 0 spiro atoms. The zero-order valence-corrected chi connectivity index (χ0v) is 8.76. The minimum absolute atomic E-state index is 0.0483. The first-order valence-electron chi connectivity index (χ1n) is 4.47. The number of hydrogen-bond acceptors (Lipinski definition) is 3. The third kappa shape index (κ3) is 4.85. The van der Waals surface area contributed by atoms with E-state index >= 15 is 0 Å². The molecule has 0 aliphatic rings. The zero-order chi connectivity index (χ0) is 10.5. The predicted molar refractivity (Wildman–Crippen MR) is 50.4 cm³/mol. The summed E-state index contributed by atoms with van der Waals surface area (Å²) in [6.07, 6.45) is -0.585. The summed E-state index contributed by atoms with van der Waals surface area (Å²) < 4.78 is 4.93. The lowest BCUT2D eigenvalue weighted by atomic mass is 9.99. The van der Waals surface area contributed by atoms with Crippen molar-refractivity contribution in [1.29, 1.82) is 0 Å². The summed E-state index contributed by atoms with van der Waals surface area (Å²) >= 11 is 0. The number of rotatable bonds is 5. The molecule has 0 aromatic carbocycles. The highest BCUT2D eigenvalue weighted by Gasteiger charge is 2.25. The summed E-state index contributed by atoms with van der Waals surface area (Å²) in [5, 5.41) is 12.0. The largest absolute Gasteiger partial charge is 0.391 e. The van der Waals surface area contributed by atoms with Gasteiger partial charge in [-0.1, -0.05) is 0 Å². The Morgan fingerprint density at radius 2 is 2.15 bits per heavy atom. The number of hydrogen-bond donors (Lipinski definition) is 2. The summed E-state index contributed by atoms with van der Waals surface area (Å²) in [6.45, 7) is 7.56. The second kappa shape index (κ2) is 5.19. The average Bonchev–Trinajstić information content (AvgIpc) is 1.99. The van der Waals surface area contributed by atoms with Crippen molar-refractivity contribution in [3.05, 3.63) is 0 Å². The Morgan fingerprint density at radius 1 is 1.62 bits per heavy atom. The molecule has 0 saturated carbocycles. The SMILES string of the molecule is CCOCC(=O)NC(C)(C)C(C)O. The standard InChI is InChI=1S/C9H19NO3/c1-5-13-6-8(12)10-9(3,4)7(2)11/h7,11H,5-6H2,1-4H3,(H,10,12). The normalized spacial score (nSPS) is 13.9. The highest BCUT2D eigenvalue weighted by Crippen LogP contribution is 2.07. The molecule has 4 heteroatoms. The molecule has 0 bridgehead atoms. The van der Waals surface area contributed by atoms with Crippen molar-refractivity contribution in [3.8, 4) is 0 Å². The van der Waals surface area contributed by atoms with Crippen LogP contribution in [0.3, 0.4) is 0 Å². The Balaban J connectivity index is 3.90. The van der Waals surface area contributed by atoms with Crippen LogP contribution < -0.4 is 5.32 Å². The van der Waals surface area contributed by atoms with Gasteiger partial charge in [-0.3, -0.25) is 4.79 Å². The fourth-order valence-corrected chi connectivity index (χ4v) is 0.695. The smallest absolute Gasteiger partial charge is 0.246 e. The number of ether oxygens (including phenoxy) is 1. The maximum atomic E-state index is 11.2. The van der Waals surface area contributed by atoms with E-state index in [9.17, 15) is 9.90 Å². The van der Waals surface area contributed by atoms with Gasteiger partial charge in [-0.05, 0) is 27.7 Å². The van der Waals surface area contributed by atoms with E-state index < -0.39 is 11.6 Å². The number of carbonyl (C=O) groups is 1. The molecule has 0 saturated heterocycles. The molecule has 0 aliphatic carbocycles. The van der Waals surface area contributed by atoms with E-state index in [2.05, 4.69) is 5.32 Å². The fourth-order valence-electron chi connectivity index (χ4n) is 0.695. The number of amides is 1. The lowest BCUT2D eigenvalue weighted by Gasteiger charge is -2.29. The van der Waals surface area contributed by atoms with Gasteiger partial charge in [0.2, 0.25) is 5.91 Å². The third-order valence-corrected chi connectivity index (χ3v) is 1.94. The van der Waals surface area contributed by atoms with Gasteiger partial charge in [0.15, 0.2) is 0 Å². The Hall–Kier alpha value is -0.610. The van der Waals surface area contributed by atoms with Crippen molar-refractivity contribution in [2.45, 2.75) is 39.3 Å². The Kier molecular flexibility index (Phi) is 4.95. The third-order valence-electron chi connectivity index (χ3n) is 1.94. The van der Waals surface area contributed by atoms with Crippen molar-refractivity contribution >= 4 is 5.91 Å². The molecular weight excluding hydrogens is 170 g/mol. The van der Waals surface area contributed by atoms with Crippen molar-refractivity contribution in [2.24, 2.45) is 0 Å². The number of carbonyl (C=O) groups excluding carboxylic acids is 1. The number of aliphatic hydroxyl groups excluding tert-OH is 1. The molecule has 0 fully saturated rings. The van der Waals surface area contributed by atoms with Crippen LogP contribution in [0.4, 0.5) is 0 Å². The average molecular weight is 189 g/mol. The summed E-state index contributed by atoms with van der Waals surface area (Å²) in [4.78, 5) is 11.2. The monoisotopic (exact) mass is 189 g/mol. The Labute approximate surface area is 79.3 Å². The first-order valence-corrected chi connectivity index (χ1v) is 4.47. The van der Waals surface area contributed by atoms with E-state index in [1.165, 1.54) is 0 Å². The van der Waals surface area contributed by atoms with Gasteiger partial charge < -0.3 is 15.2 Å². The highest BCUT2D eigenvalue weighted by atomic mass is 16.5. The van der Waals surface area contributed by atoms with Gasteiger partial charge >= 0.3 is 0 Å². The van der Waals surface area contributed by atoms with E-state index in [4.69, 9.17) is 4.74 Å². The van der Waals surface area contributed by atoms with Gasteiger partial charge in [-0.2, -0.15) is 0 Å². The molecule has 4 nitrogen and oxygen atoms in total. The van der Waals surface area contributed by atoms with E-state index in [0.29, 0.717) is 6.61 Å². The molecule has 1 amide bonds. The van der Waals surface area contributed by atoms with Crippen LogP contribution >= 0.6 is 0 Å². The minimum Gasteiger partial charge on any atom is -0.391 e. The quantitative estimate of drug-likeness (QED) is 0.654. The van der Waals surface area contributed by atoms with Crippen molar-refractivity contribution < 1.29 is 14.6 Å². The molecular formula is C9H19NO3. The summed E-state index contributed by atoms with van der Waals surface area (Å²) in [6, 6.07) is 0. The summed E-state index contributed by atoms with van der Waals surface area (Å²) in [5.74, 6) is -0.201. The summed E-state index contributed by atoms with van der Waals surface area (Å²) in [7, 11) is 0. The molecule has 0 aliphatic heterocycles. The Morgan fingerprint density at radius 3 is 2.54 bits per heavy atom. The minimum atomic E-state index is -0.603. The molecule has 1 atom stereocenters. The molecule has 0 radical (unpaired) electrons. The first kappa shape index (κ1) is 12.4. The van der Waals surface area contributed by atoms with Crippen LogP contribution in [0.25, 0.3) is 0 Å². The van der Waals surface area contributed by atoms with Crippen LogP contribution in [-0.4, -0.2) is 35.9 Å². The lowest BCUT2D eigenvalue weighted by Crippen LogP contribution is -2.52.